The lowest BCUT2D eigenvalue weighted by Gasteiger charge is -2.11. The van der Waals surface area contributed by atoms with Gasteiger partial charge in [0.15, 0.2) is 0 Å². The molecule has 3 nitrogen and oxygen atoms in total. The van der Waals surface area contributed by atoms with Gasteiger partial charge in [0.2, 0.25) is 0 Å². The summed E-state index contributed by atoms with van der Waals surface area (Å²) in [7, 11) is 1.64. The van der Waals surface area contributed by atoms with Crippen LogP contribution in [0.2, 0.25) is 0 Å². The van der Waals surface area contributed by atoms with Crippen molar-refractivity contribution in [1.29, 1.82) is 0 Å². The zero-order valence-corrected chi connectivity index (χ0v) is 9.99. The molecule has 1 aromatic heterocycles. The number of hydrogen-bond donors (Lipinski definition) is 1. The van der Waals surface area contributed by atoms with Crippen LogP contribution >= 0.6 is 11.3 Å². The van der Waals surface area contributed by atoms with Gasteiger partial charge in [-0.25, -0.2) is 4.98 Å². The first kappa shape index (κ1) is 11.1. The van der Waals surface area contributed by atoms with Crippen LogP contribution in [-0.4, -0.2) is 17.2 Å². The normalized spacial score (nSPS) is 12.4. The molecule has 4 heteroatoms. The van der Waals surface area contributed by atoms with Gasteiger partial charge in [0, 0.05) is 5.38 Å². The lowest BCUT2D eigenvalue weighted by atomic mass is 10.0. The summed E-state index contributed by atoms with van der Waals surface area (Å²) in [6.07, 6.45) is -0.657. The molecule has 0 aliphatic heterocycles. The number of rotatable bonds is 3. The number of aromatic nitrogens is 1. The van der Waals surface area contributed by atoms with Crippen molar-refractivity contribution in [3.8, 4) is 5.75 Å². The van der Waals surface area contributed by atoms with Gasteiger partial charge in [0.05, 0.1) is 18.3 Å². The van der Waals surface area contributed by atoms with Gasteiger partial charge < -0.3 is 9.84 Å². The van der Waals surface area contributed by atoms with Gasteiger partial charge in [0.25, 0.3) is 0 Å². The van der Waals surface area contributed by atoms with Crippen molar-refractivity contribution in [2.24, 2.45) is 0 Å². The first-order valence-electron chi connectivity index (χ1n) is 4.93. The topological polar surface area (TPSA) is 42.4 Å². The van der Waals surface area contributed by atoms with Gasteiger partial charge in [-0.15, -0.1) is 11.3 Å². The summed E-state index contributed by atoms with van der Waals surface area (Å²) in [6, 6.07) is 5.64. The second-order valence-corrected chi connectivity index (χ2v) is 4.26. The summed E-state index contributed by atoms with van der Waals surface area (Å²) in [4.78, 5) is 4.10. The number of benzene rings is 1. The molecular weight excluding hydrogens is 222 g/mol. The molecule has 84 valence electrons. The molecule has 16 heavy (non-hydrogen) atoms. The van der Waals surface area contributed by atoms with Crippen LogP contribution in [0.25, 0.3) is 0 Å². The maximum absolute atomic E-state index is 10.1. The van der Waals surface area contributed by atoms with E-state index in [4.69, 9.17) is 4.74 Å². The van der Waals surface area contributed by atoms with Crippen molar-refractivity contribution in [2.45, 2.75) is 13.0 Å². The van der Waals surface area contributed by atoms with Gasteiger partial charge >= 0.3 is 0 Å². The third kappa shape index (κ3) is 2.08. The highest BCUT2D eigenvalue weighted by molar-refractivity contribution is 7.07. The molecule has 1 aromatic carbocycles. The molecule has 0 saturated carbocycles. The van der Waals surface area contributed by atoms with E-state index in [9.17, 15) is 5.11 Å². The molecule has 0 saturated heterocycles. The van der Waals surface area contributed by atoms with Crippen LogP contribution in [0.4, 0.5) is 0 Å². The number of thiazole rings is 1. The maximum atomic E-state index is 10.1. The summed E-state index contributed by atoms with van der Waals surface area (Å²) in [5.41, 5.74) is 4.25. The van der Waals surface area contributed by atoms with Crippen LogP contribution in [0.3, 0.4) is 0 Å². The van der Waals surface area contributed by atoms with Gasteiger partial charge in [-0.05, 0) is 30.2 Å². The molecule has 1 N–H and O–H groups in total. The van der Waals surface area contributed by atoms with E-state index in [1.807, 2.05) is 30.5 Å². The molecule has 0 spiro atoms. The third-order valence-corrected chi connectivity index (χ3v) is 3.07. The molecule has 0 amide bonds. The molecule has 1 atom stereocenters. The Kier molecular flexibility index (Phi) is 3.22. The number of methoxy groups -OCH3 is 1. The number of ether oxygens (including phenoxy) is 1. The van der Waals surface area contributed by atoms with Crippen molar-refractivity contribution in [1.82, 2.24) is 4.98 Å². The highest BCUT2D eigenvalue weighted by atomic mass is 32.1. The Morgan fingerprint density at radius 3 is 2.81 bits per heavy atom. The Balaban J connectivity index is 2.31. The summed E-state index contributed by atoms with van der Waals surface area (Å²) < 4.78 is 5.18. The zero-order valence-electron chi connectivity index (χ0n) is 9.18. The van der Waals surface area contributed by atoms with Crippen molar-refractivity contribution in [3.63, 3.8) is 0 Å². The molecule has 1 unspecified atom stereocenters. The van der Waals surface area contributed by atoms with Crippen molar-refractivity contribution in [3.05, 3.63) is 45.9 Å². The van der Waals surface area contributed by atoms with E-state index in [0.29, 0.717) is 5.69 Å². The minimum absolute atomic E-state index is 0.657. The largest absolute Gasteiger partial charge is 0.496 e. The molecular formula is C12H13NO2S. The lowest BCUT2D eigenvalue weighted by molar-refractivity contribution is 0.216. The van der Waals surface area contributed by atoms with Gasteiger partial charge in [-0.1, -0.05) is 6.07 Å². The fourth-order valence-electron chi connectivity index (χ4n) is 1.60. The maximum Gasteiger partial charge on any atom is 0.122 e. The molecule has 0 fully saturated rings. The Labute approximate surface area is 98.4 Å². The smallest absolute Gasteiger partial charge is 0.122 e. The summed E-state index contributed by atoms with van der Waals surface area (Å²) >= 11 is 1.48. The van der Waals surface area contributed by atoms with E-state index in [0.717, 1.165) is 16.9 Å². The van der Waals surface area contributed by atoms with Crippen LogP contribution in [0.1, 0.15) is 22.9 Å². The minimum atomic E-state index is -0.657. The van der Waals surface area contributed by atoms with Gasteiger partial charge in [-0.2, -0.15) is 0 Å². The first-order valence-corrected chi connectivity index (χ1v) is 5.87. The highest BCUT2D eigenvalue weighted by Crippen LogP contribution is 2.26. The molecule has 2 aromatic rings. The monoisotopic (exact) mass is 235 g/mol. The average molecular weight is 235 g/mol. The van der Waals surface area contributed by atoms with E-state index in [1.54, 1.807) is 12.6 Å². The van der Waals surface area contributed by atoms with Crippen molar-refractivity contribution >= 4 is 11.3 Å². The number of aryl methyl sites for hydroxylation is 1. The van der Waals surface area contributed by atoms with E-state index >= 15 is 0 Å². The SMILES string of the molecule is COc1ccc(C(O)c2cscn2)cc1C. The second kappa shape index (κ2) is 4.63. The molecule has 0 bridgehead atoms. The number of hydrogen-bond acceptors (Lipinski definition) is 4. The molecule has 2 rings (SSSR count). The van der Waals surface area contributed by atoms with Crippen LogP contribution in [0, 0.1) is 6.92 Å². The minimum Gasteiger partial charge on any atom is -0.496 e. The van der Waals surface area contributed by atoms with Gasteiger partial charge in [0.1, 0.15) is 11.9 Å². The molecule has 0 aliphatic rings. The number of nitrogens with zero attached hydrogens (tertiary/aromatic N) is 1. The third-order valence-electron chi connectivity index (χ3n) is 2.47. The predicted molar refractivity (Wildman–Crippen MR) is 63.9 cm³/mol. The van der Waals surface area contributed by atoms with E-state index in [2.05, 4.69) is 4.98 Å². The lowest BCUT2D eigenvalue weighted by Crippen LogP contribution is -2.00. The summed E-state index contributed by atoms with van der Waals surface area (Å²) in [5.74, 6) is 0.828. The Hall–Kier alpha value is -1.39. The molecule has 0 aliphatic carbocycles. The average Bonchev–Trinajstić information content (AvgIpc) is 2.81. The quantitative estimate of drug-likeness (QED) is 0.889. The number of aliphatic hydroxyl groups excluding tert-OH is 1. The van der Waals surface area contributed by atoms with E-state index < -0.39 is 6.10 Å². The van der Waals surface area contributed by atoms with Crippen LogP contribution in [0.15, 0.2) is 29.1 Å². The summed E-state index contributed by atoms with van der Waals surface area (Å²) in [5, 5.41) is 11.9. The van der Waals surface area contributed by atoms with Crippen LogP contribution in [-0.2, 0) is 0 Å². The second-order valence-electron chi connectivity index (χ2n) is 3.54. The Bertz CT molecular complexity index is 468. The summed E-state index contributed by atoms with van der Waals surface area (Å²) in [6.45, 7) is 1.95. The number of aliphatic hydroxyl groups is 1. The Morgan fingerprint density at radius 1 is 1.44 bits per heavy atom. The predicted octanol–water partition coefficient (Wildman–Crippen LogP) is 2.54. The fraction of sp³-hybridized carbons (Fsp3) is 0.250. The van der Waals surface area contributed by atoms with Crippen molar-refractivity contribution in [2.75, 3.05) is 7.11 Å². The molecule has 0 radical (unpaired) electrons. The standard InChI is InChI=1S/C12H13NO2S/c1-8-5-9(3-4-11(8)15-2)12(14)10-6-16-7-13-10/h3-7,12,14H,1-2H3. The highest BCUT2D eigenvalue weighted by Gasteiger charge is 2.13. The van der Waals surface area contributed by atoms with Crippen molar-refractivity contribution < 1.29 is 9.84 Å². The van der Waals surface area contributed by atoms with E-state index in [-0.39, 0.29) is 0 Å². The zero-order chi connectivity index (χ0) is 11.5. The van der Waals surface area contributed by atoms with Crippen LogP contribution < -0.4 is 4.74 Å². The Morgan fingerprint density at radius 2 is 2.25 bits per heavy atom. The molecule has 1 heterocycles. The first-order chi connectivity index (χ1) is 7.72. The van der Waals surface area contributed by atoms with Gasteiger partial charge in [-0.3, -0.25) is 0 Å². The van der Waals surface area contributed by atoms with Crippen LogP contribution in [0.5, 0.6) is 5.75 Å². The fourth-order valence-corrected chi connectivity index (χ4v) is 2.17. The van der Waals surface area contributed by atoms with E-state index in [1.165, 1.54) is 11.3 Å².